The van der Waals surface area contributed by atoms with Gasteiger partial charge in [-0.05, 0) is 35.4 Å². The summed E-state index contributed by atoms with van der Waals surface area (Å²) in [6, 6.07) is 10.7. The van der Waals surface area contributed by atoms with Crippen molar-refractivity contribution in [1.82, 2.24) is 20.2 Å². The van der Waals surface area contributed by atoms with Crippen LogP contribution in [-0.4, -0.2) is 33.9 Å². The molecule has 5 nitrogen and oxygen atoms in total. The van der Waals surface area contributed by atoms with Crippen molar-refractivity contribution in [2.75, 3.05) is 13.1 Å². The maximum atomic E-state index is 14.0. The molecule has 6 heteroatoms. The zero-order valence-corrected chi connectivity index (χ0v) is 17.4. The molecule has 1 saturated heterocycles. The van der Waals surface area contributed by atoms with Gasteiger partial charge < -0.3 is 5.32 Å². The van der Waals surface area contributed by atoms with E-state index in [1.165, 1.54) is 36.5 Å². The Morgan fingerprint density at radius 3 is 2.57 bits per heavy atom. The highest BCUT2D eigenvalue weighted by Gasteiger charge is 2.22. The van der Waals surface area contributed by atoms with E-state index in [0.29, 0.717) is 29.4 Å². The Morgan fingerprint density at radius 2 is 1.80 bits per heavy atom. The number of piperidine rings is 1. The summed E-state index contributed by atoms with van der Waals surface area (Å²) >= 11 is 0. The Bertz CT molecular complexity index is 1040. The van der Waals surface area contributed by atoms with E-state index in [1.807, 2.05) is 18.2 Å². The third kappa shape index (κ3) is 4.65. The number of nitrogens with one attached hydrogen (secondary N) is 1. The number of halogens is 1. The van der Waals surface area contributed by atoms with Crippen molar-refractivity contribution in [3.8, 4) is 0 Å². The molecule has 1 aromatic heterocycles. The summed E-state index contributed by atoms with van der Waals surface area (Å²) in [5.41, 5.74) is 3.26. The number of carbonyl (C=O) groups excluding carboxylic acids is 1. The lowest BCUT2D eigenvalue weighted by molar-refractivity contribution is 0.0951. The molecule has 1 aliphatic heterocycles. The molecule has 0 aliphatic carbocycles. The molecule has 0 spiro atoms. The highest BCUT2D eigenvalue weighted by molar-refractivity contribution is 6.04. The SMILES string of the molecule is CC1CC(C)CN(Cc2ccccc2CNC(=O)c2cc(F)cc3nccnc23)C1. The number of benzene rings is 2. The maximum Gasteiger partial charge on any atom is 0.253 e. The van der Waals surface area contributed by atoms with Crippen LogP contribution in [-0.2, 0) is 13.1 Å². The molecule has 0 saturated carbocycles. The van der Waals surface area contributed by atoms with Gasteiger partial charge in [-0.3, -0.25) is 19.7 Å². The number of hydrogen-bond donors (Lipinski definition) is 1. The summed E-state index contributed by atoms with van der Waals surface area (Å²) in [7, 11) is 0. The highest BCUT2D eigenvalue weighted by Crippen LogP contribution is 2.23. The molecule has 4 rings (SSSR count). The van der Waals surface area contributed by atoms with Gasteiger partial charge >= 0.3 is 0 Å². The average molecular weight is 407 g/mol. The Morgan fingerprint density at radius 1 is 1.10 bits per heavy atom. The van der Waals surface area contributed by atoms with Gasteiger partial charge in [0.25, 0.3) is 5.91 Å². The van der Waals surface area contributed by atoms with E-state index in [0.717, 1.165) is 25.2 Å². The summed E-state index contributed by atoms with van der Waals surface area (Å²) in [5.74, 6) is 0.544. The van der Waals surface area contributed by atoms with E-state index in [1.54, 1.807) is 0 Å². The number of likely N-dealkylation sites (tertiary alicyclic amines) is 1. The van der Waals surface area contributed by atoms with Crippen LogP contribution in [0.25, 0.3) is 11.0 Å². The van der Waals surface area contributed by atoms with Crippen molar-refractivity contribution in [1.29, 1.82) is 0 Å². The first kappa shape index (κ1) is 20.4. The van der Waals surface area contributed by atoms with Crippen molar-refractivity contribution in [3.05, 3.63) is 71.3 Å². The van der Waals surface area contributed by atoms with Crippen LogP contribution in [0, 0.1) is 17.7 Å². The van der Waals surface area contributed by atoms with Gasteiger partial charge in [0, 0.05) is 44.6 Å². The van der Waals surface area contributed by atoms with E-state index < -0.39 is 5.82 Å². The lowest BCUT2D eigenvalue weighted by atomic mass is 9.91. The fourth-order valence-electron chi connectivity index (χ4n) is 4.53. The Kier molecular flexibility index (Phi) is 6.04. The molecule has 3 aromatic rings. The van der Waals surface area contributed by atoms with Crippen molar-refractivity contribution in [2.45, 2.75) is 33.4 Å². The summed E-state index contributed by atoms with van der Waals surface area (Å²) in [5, 5.41) is 2.94. The maximum absolute atomic E-state index is 14.0. The van der Waals surface area contributed by atoms with Crippen LogP contribution < -0.4 is 5.32 Å². The topological polar surface area (TPSA) is 58.1 Å². The van der Waals surface area contributed by atoms with Gasteiger partial charge in [-0.25, -0.2) is 4.39 Å². The van der Waals surface area contributed by atoms with Crippen LogP contribution >= 0.6 is 0 Å². The first-order chi connectivity index (χ1) is 14.5. The van der Waals surface area contributed by atoms with Crippen LogP contribution in [0.15, 0.2) is 48.8 Å². The van der Waals surface area contributed by atoms with E-state index >= 15 is 0 Å². The second-order valence-electron chi connectivity index (χ2n) is 8.47. The molecule has 1 N–H and O–H groups in total. The lowest BCUT2D eigenvalue weighted by Gasteiger charge is -2.35. The fourth-order valence-corrected chi connectivity index (χ4v) is 4.53. The van der Waals surface area contributed by atoms with Gasteiger partial charge in [-0.15, -0.1) is 0 Å². The molecule has 0 radical (unpaired) electrons. The summed E-state index contributed by atoms with van der Waals surface area (Å²) in [6.45, 7) is 8.06. The third-order valence-electron chi connectivity index (χ3n) is 5.68. The minimum atomic E-state index is -0.498. The van der Waals surface area contributed by atoms with E-state index in [-0.39, 0.29) is 11.5 Å². The smallest absolute Gasteiger partial charge is 0.253 e. The molecule has 30 heavy (non-hydrogen) atoms. The number of aromatic nitrogens is 2. The van der Waals surface area contributed by atoms with Gasteiger partial charge in [0.2, 0.25) is 0 Å². The monoisotopic (exact) mass is 406 g/mol. The summed E-state index contributed by atoms with van der Waals surface area (Å²) in [4.78, 5) is 23.6. The van der Waals surface area contributed by atoms with Crippen molar-refractivity contribution in [3.63, 3.8) is 0 Å². The molecule has 156 valence electrons. The lowest BCUT2D eigenvalue weighted by Crippen LogP contribution is -2.38. The van der Waals surface area contributed by atoms with Crippen molar-refractivity contribution < 1.29 is 9.18 Å². The van der Waals surface area contributed by atoms with Crippen molar-refractivity contribution >= 4 is 16.9 Å². The standard InChI is InChI=1S/C24H27FN4O/c1-16-9-17(2)14-29(13-16)15-19-6-4-3-5-18(19)12-28-24(30)21-10-20(25)11-22-23(21)27-8-7-26-22/h3-8,10-11,16-17H,9,12-15H2,1-2H3,(H,28,30). The fraction of sp³-hybridized carbons (Fsp3) is 0.375. The molecule has 0 bridgehead atoms. The second kappa shape index (κ2) is 8.88. The highest BCUT2D eigenvalue weighted by atomic mass is 19.1. The van der Waals surface area contributed by atoms with Gasteiger partial charge in [-0.2, -0.15) is 0 Å². The minimum absolute atomic E-state index is 0.203. The number of amides is 1. The Hall–Kier alpha value is -2.86. The summed E-state index contributed by atoms with van der Waals surface area (Å²) < 4.78 is 14.0. The molecule has 1 amide bonds. The van der Waals surface area contributed by atoms with Crippen LogP contribution in [0.1, 0.15) is 41.8 Å². The molecule has 2 unspecified atom stereocenters. The van der Waals surface area contributed by atoms with Crippen LogP contribution in [0.2, 0.25) is 0 Å². The normalized spacial score (nSPS) is 19.7. The zero-order chi connectivity index (χ0) is 21.1. The average Bonchev–Trinajstić information content (AvgIpc) is 2.71. The van der Waals surface area contributed by atoms with Gasteiger partial charge in [0.1, 0.15) is 11.3 Å². The van der Waals surface area contributed by atoms with Gasteiger partial charge in [-0.1, -0.05) is 38.1 Å². The van der Waals surface area contributed by atoms with E-state index in [9.17, 15) is 9.18 Å². The predicted molar refractivity (Wildman–Crippen MR) is 115 cm³/mol. The predicted octanol–water partition coefficient (Wildman–Crippen LogP) is 4.18. The number of carbonyl (C=O) groups is 1. The molecular weight excluding hydrogens is 379 g/mol. The van der Waals surface area contributed by atoms with E-state index in [4.69, 9.17) is 0 Å². The molecule has 2 heterocycles. The Labute approximate surface area is 176 Å². The second-order valence-corrected chi connectivity index (χ2v) is 8.47. The van der Waals surface area contributed by atoms with Crippen LogP contribution in [0.5, 0.6) is 0 Å². The molecule has 1 aliphatic rings. The minimum Gasteiger partial charge on any atom is -0.348 e. The zero-order valence-electron chi connectivity index (χ0n) is 17.4. The number of hydrogen-bond acceptors (Lipinski definition) is 4. The first-order valence-corrected chi connectivity index (χ1v) is 10.5. The molecule has 2 atom stereocenters. The largest absolute Gasteiger partial charge is 0.348 e. The number of nitrogens with zero attached hydrogens (tertiary/aromatic N) is 3. The number of rotatable bonds is 5. The molecule has 1 fully saturated rings. The summed E-state index contributed by atoms with van der Waals surface area (Å²) in [6.07, 6.45) is 4.27. The van der Waals surface area contributed by atoms with Gasteiger partial charge in [0.05, 0.1) is 11.1 Å². The van der Waals surface area contributed by atoms with Crippen LogP contribution in [0.4, 0.5) is 4.39 Å². The molecule has 2 aromatic carbocycles. The van der Waals surface area contributed by atoms with E-state index in [2.05, 4.69) is 40.1 Å². The first-order valence-electron chi connectivity index (χ1n) is 10.5. The third-order valence-corrected chi connectivity index (χ3v) is 5.68. The Balaban J connectivity index is 1.49. The quantitative estimate of drug-likeness (QED) is 0.691. The van der Waals surface area contributed by atoms with Crippen LogP contribution in [0.3, 0.4) is 0 Å². The van der Waals surface area contributed by atoms with Gasteiger partial charge in [0.15, 0.2) is 0 Å². The number of fused-ring (bicyclic) bond motifs is 1. The molecular formula is C24H27FN4O. The van der Waals surface area contributed by atoms with Crippen molar-refractivity contribution in [2.24, 2.45) is 11.8 Å².